The summed E-state index contributed by atoms with van der Waals surface area (Å²) in [7, 11) is 6.64. The SMILES string of the molecule is CCC[N+](C)(C)C.Cl.N. The molecule has 0 saturated carbocycles. The van der Waals surface area contributed by atoms with Gasteiger partial charge in [0.05, 0.1) is 27.7 Å². The van der Waals surface area contributed by atoms with Crippen molar-refractivity contribution in [2.24, 2.45) is 0 Å². The smallest absolute Gasteiger partial charge is 0.0777 e. The average Bonchev–Trinajstić information content (AvgIpc) is 1.30. The molecule has 0 bridgehead atoms. The van der Waals surface area contributed by atoms with Gasteiger partial charge in [-0.15, -0.1) is 12.4 Å². The van der Waals surface area contributed by atoms with Gasteiger partial charge < -0.3 is 10.6 Å². The van der Waals surface area contributed by atoms with E-state index in [1.54, 1.807) is 0 Å². The Kier molecular flexibility index (Phi) is 11.3. The number of halogens is 1. The summed E-state index contributed by atoms with van der Waals surface area (Å²) in [5.74, 6) is 0. The molecule has 0 aromatic rings. The minimum Gasteiger partial charge on any atom is -0.344 e. The summed E-state index contributed by atoms with van der Waals surface area (Å²) in [6, 6.07) is 0. The zero-order valence-corrected chi connectivity index (χ0v) is 7.79. The molecule has 0 fully saturated rings. The lowest BCUT2D eigenvalue weighted by Gasteiger charge is -2.22. The predicted octanol–water partition coefficient (Wildman–Crippen LogP) is 1.69. The predicted molar refractivity (Wildman–Crippen MR) is 45.5 cm³/mol. The first-order valence-electron chi connectivity index (χ1n) is 2.86. The van der Waals surface area contributed by atoms with Gasteiger partial charge in [-0.1, -0.05) is 6.92 Å². The summed E-state index contributed by atoms with van der Waals surface area (Å²) in [6.45, 7) is 3.49. The van der Waals surface area contributed by atoms with Crippen LogP contribution in [0.1, 0.15) is 13.3 Å². The molecule has 0 saturated heterocycles. The maximum absolute atomic E-state index is 2.21. The molecule has 3 N–H and O–H groups in total. The molecule has 0 aliphatic heterocycles. The molecule has 0 radical (unpaired) electrons. The number of quaternary nitrogens is 1. The Balaban J connectivity index is -0.000000180. The minimum atomic E-state index is 0. The van der Waals surface area contributed by atoms with Crippen molar-refractivity contribution in [1.82, 2.24) is 6.15 Å². The third-order valence-corrected chi connectivity index (χ3v) is 0.894. The highest BCUT2D eigenvalue weighted by atomic mass is 35.5. The van der Waals surface area contributed by atoms with Crippen molar-refractivity contribution >= 4 is 12.4 Å². The van der Waals surface area contributed by atoms with Crippen LogP contribution >= 0.6 is 12.4 Å². The summed E-state index contributed by atoms with van der Waals surface area (Å²) >= 11 is 0. The summed E-state index contributed by atoms with van der Waals surface area (Å²) in [5.41, 5.74) is 0. The number of hydrogen-bond donors (Lipinski definition) is 1. The van der Waals surface area contributed by atoms with Gasteiger partial charge in [-0.05, 0) is 6.42 Å². The first-order chi connectivity index (χ1) is 3.06. The molecule has 60 valence electrons. The van der Waals surface area contributed by atoms with Crippen molar-refractivity contribution in [1.29, 1.82) is 0 Å². The molecule has 0 aliphatic rings. The standard InChI is InChI=1S/C6H16N.ClH.H3N/c1-5-6-7(2,3)4;;/h5-6H2,1-4H3;1H;1H3/q+1;;. The molecule has 0 aromatic heterocycles. The quantitative estimate of drug-likeness (QED) is 0.606. The fraction of sp³-hybridized carbons (Fsp3) is 1.00. The molecule has 2 nitrogen and oxygen atoms in total. The van der Waals surface area contributed by atoms with E-state index in [9.17, 15) is 0 Å². The Morgan fingerprint density at radius 3 is 1.44 bits per heavy atom. The highest BCUT2D eigenvalue weighted by molar-refractivity contribution is 5.85. The van der Waals surface area contributed by atoms with Crippen molar-refractivity contribution in [3.05, 3.63) is 0 Å². The lowest BCUT2D eigenvalue weighted by Crippen LogP contribution is -2.34. The molecular formula is C6H20ClN2+. The lowest BCUT2D eigenvalue weighted by molar-refractivity contribution is -0.870. The van der Waals surface area contributed by atoms with Gasteiger partial charge in [-0.2, -0.15) is 0 Å². The monoisotopic (exact) mass is 155 g/mol. The van der Waals surface area contributed by atoms with Gasteiger partial charge in [0, 0.05) is 0 Å². The Bertz CT molecular complexity index is 49.5. The first kappa shape index (κ1) is 16.1. The summed E-state index contributed by atoms with van der Waals surface area (Å²) < 4.78 is 1.09. The normalized spacial score (nSPS) is 9.33. The van der Waals surface area contributed by atoms with Crippen LogP contribution in [-0.4, -0.2) is 32.2 Å². The van der Waals surface area contributed by atoms with Crippen LogP contribution < -0.4 is 6.15 Å². The minimum absolute atomic E-state index is 0. The van der Waals surface area contributed by atoms with Gasteiger partial charge in [-0.25, -0.2) is 0 Å². The zero-order chi connectivity index (χ0) is 5.91. The molecule has 0 heterocycles. The van der Waals surface area contributed by atoms with Crippen molar-refractivity contribution in [2.45, 2.75) is 13.3 Å². The Hall–Kier alpha value is 0.210. The largest absolute Gasteiger partial charge is 0.344 e. The topological polar surface area (TPSA) is 35.0 Å². The van der Waals surface area contributed by atoms with E-state index in [1.807, 2.05) is 0 Å². The van der Waals surface area contributed by atoms with Gasteiger partial charge in [0.25, 0.3) is 0 Å². The van der Waals surface area contributed by atoms with Crippen molar-refractivity contribution in [2.75, 3.05) is 27.7 Å². The number of nitrogens with zero attached hydrogens (tertiary/aromatic N) is 1. The van der Waals surface area contributed by atoms with Crippen LogP contribution in [0.25, 0.3) is 0 Å². The summed E-state index contributed by atoms with van der Waals surface area (Å²) in [6.07, 6.45) is 1.28. The third kappa shape index (κ3) is 17.9. The number of rotatable bonds is 2. The van der Waals surface area contributed by atoms with Gasteiger partial charge >= 0.3 is 0 Å². The first-order valence-corrected chi connectivity index (χ1v) is 2.86. The zero-order valence-electron chi connectivity index (χ0n) is 6.98. The van der Waals surface area contributed by atoms with Gasteiger partial charge in [0.1, 0.15) is 0 Å². The van der Waals surface area contributed by atoms with Crippen LogP contribution in [-0.2, 0) is 0 Å². The van der Waals surface area contributed by atoms with Crippen LogP contribution in [0.15, 0.2) is 0 Å². The average molecular weight is 156 g/mol. The van der Waals surface area contributed by atoms with E-state index in [1.165, 1.54) is 13.0 Å². The van der Waals surface area contributed by atoms with Crippen molar-refractivity contribution in [3.8, 4) is 0 Å². The second-order valence-corrected chi connectivity index (χ2v) is 3.01. The fourth-order valence-electron chi connectivity index (χ4n) is 0.671. The van der Waals surface area contributed by atoms with E-state index in [4.69, 9.17) is 0 Å². The molecule has 0 rings (SSSR count). The maximum atomic E-state index is 2.21. The Labute approximate surface area is 64.8 Å². The maximum Gasteiger partial charge on any atom is 0.0777 e. The summed E-state index contributed by atoms with van der Waals surface area (Å²) in [5, 5.41) is 0. The van der Waals surface area contributed by atoms with Crippen LogP contribution in [0, 0.1) is 0 Å². The molecule has 0 unspecified atom stereocenters. The van der Waals surface area contributed by atoms with E-state index in [0.717, 1.165) is 4.48 Å². The molecule has 3 heteroatoms. The van der Waals surface area contributed by atoms with E-state index < -0.39 is 0 Å². The van der Waals surface area contributed by atoms with Crippen LogP contribution in [0.3, 0.4) is 0 Å². The van der Waals surface area contributed by atoms with E-state index in [-0.39, 0.29) is 18.6 Å². The lowest BCUT2D eigenvalue weighted by atomic mass is 10.4. The van der Waals surface area contributed by atoms with Gasteiger partial charge in [0.15, 0.2) is 0 Å². The molecule has 0 aromatic carbocycles. The summed E-state index contributed by atoms with van der Waals surface area (Å²) in [4.78, 5) is 0. The third-order valence-electron chi connectivity index (χ3n) is 0.894. The molecule has 0 atom stereocenters. The Morgan fingerprint density at radius 1 is 1.11 bits per heavy atom. The van der Waals surface area contributed by atoms with E-state index in [0.29, 0.717) is 0 Å². The highest BCUT2D eigenvalue weighted by Crippen LogP contribution is 1.90. The second kappa shape index (κ2) is 6.33. The van der Waals surface area contributed by atoms with E-state index in [2.05, 4.69) is 28.1 Å². The Morgan fingerprint density at radius 2 is 1.44 bits per heavy atom. The van der Waals surface area contributed by atoms with Gasteiger partial charge in [0.2, 0.25) is 0 Å². The fourth-order valence-corrected chi connectivity index (χ4v) is 0.671. The molecule has 9 heavy (non-hydrogen) atoms. The van der Waals surface area contributed by atoms with Crippen LogP contribution in [0.5, 0.6) is 0 Å². The van der Waals surface area contributed by atoms with Crippen molar-refractivity contribution < 1.29 is 4.48 Å². The second-order valence-electron chi connectivity index (χ2n) is 3.01. The van der Waals surface area contributed by atoms with Gasteiger partial charge in [-0.3, -0.25) is 0 Å². The highest BCUT2D eigenvalue weighted by Gasteiger charge is 2.01. The van der Waals surface area contributed by atoms with Crippen LogP contribution in [0.2, 0.25) is 0 Å². The van der Waals surface area contributed by atoms with E-state index >= 15 is 0 Å². The molecule has 0 aliphatic carbocycles. The van der Waals surface area contributed by atoms with Crippen LogP contribution in [0.4, 0.5) is 0 Å². The van der Waals surface area contributed by atoms with Crippen molar-refractivity contribution in [3.63, 3.8) is 0 Å². The molecule has 0 spiro atoms. The molecule has 0 amide bonds. The molecular weight excluding hydrogens is 136 g/mol. The number of hydrogen-bond acceptors (Lipinski definition) is 1.